The van der Waals surface area contributed by atoms with E-state index in [-0.39, 0.29) is 30.4 Å². The summed E-state index contributed by atoms with van der Waals surface area (Å²) < 4.78 is 0. The zero-order valence-corrected chi connectivity index (χ0v) is 11.4. The zero-order chi connectivity index (χ0) is 13.7. The van der Waals surface area contributed by atoms with Crippen LogP contribution in [0.15, 0.2) is 17.5 Å². The van der Waals surface area contributed by atoms with Crippen LogP contribution in [0.1, 0.15) is 22.5 Å². The van der Waals surface area contributed by atoms with E-state index in [4.69, 9.17) is 0 Å². The number of carbonyl (C=O) groups excluding carboxylic acids is 2. The molecule has 1 fully saturated rings. The van der Waals surface area contributed by atoms with Crippen molar-refractivity contribution >= 4 is 23.0 Å². The molecule has 0 saturated carbocycles. The van der Waals surface area contributed by atoms with Crippen molar-refractivity contribution in [3.8, 4) is 0 Å². The first-order chi connectivity index (χ1) is 9.16. The molecule has 104 valence electrons. The van der Waals surface area contributed by atoms with E-state index in [2.05, 4.69) is 10.6 Å². The fraction of sp³-hybridized carbons (Fsp3) is 0.538. The van der Waals surface area contributed by atoms with Gasteiger partial charge in [-0.05, 0) is 11.4 Å². The Kier molecular flexibility index (Phi) is 5.07. The summed E-state index contributed by atoms with van der Waals surface area (Å²) in [6, 6.07) is 3.60. The van der Waals surface area contributed by atoms with E-state index in [0.29, 0.717) is 18.0 Å². The Morgan fingerprint density at radius 1 is 1.42 bits per heavy atom. The largest absolute Gasteiger partial charge is 0.391 e. The standard InChI is InChI=1S/C13H18N2O3S/c16-10(12-2-1-5-19-12)3-4-13(18)15-7-9-6-14-8-11(9)17/h1-2,5,9,11,14,17H,3-4,6-8H2,(H,15,18). The van der Waals surface area contributed by atoms with E-state index >= 15 is 0 Å². The maximum absolute atomic E-state index is 11.7. The van der Waals surface area contributed by atoms with Crippen LogP contribution in [0.25, 0.3) is 0 Å². The number of Topliss-reactive ketones (excluding diaryl/α,β-unsaturated/α-hetero) is 1. The normalized spacial score (nSPS) is 22.4. The molecule has 1 aromatic heterocycles. The Labute approximate surface area is 116 Å². The molecule has 0 spiro atoms. The Hall–Kier alpha value is -1.24. The lowest BCUT2D eigenvalue weighted by Crippen LogP contribution is -2.34. The van der Waals surface area contributed by atoms with Crippen molar-refractivity contribution in [2.45, 2.75) is 18.9 Å². The SMILES string of the molecule is O=C(CCC(=O)c1cccs1)NCC1CNCC1O. The molecule has 1 saturated heterocycles. The maximum atomic E-state index is 11.7. The predicted octanol–water partition coefficient (Wildman–Crippen LogP) is 0.408. The van der Waals surface area contributed by atoms with Crippen molar-refractivity contribution in [3.05, 3.63) is 22.4 Å². The number of thiophene rings is 1. The molecule has 2 rings (SSSR count). The molecule has 0 aliphatic carbocycles. The van der Waals surface area contributed by atoms with Crippen LogP contribution in [0, 0.1) is 5.92 Å². The first kappa shape index (κ1) is 14.2. The quantitative estimate of drug-likeness (QED) is 0.660. The monoisotopic (exact) mass is 282 g/mol. The van der Waals surface area contributed by atoms with Gasteiger partial charge in [-0.1, -0.05) is 6.07 Å². The third kappa shape index (κ3) is 4.12. The summed E-state index contributed by atoms with van der Waals surface area (Å²) in [4.78, 5) is 24.0. The Bertz CT molecular complexity index is 433. The molecule has 0 radical (unpaired) electrons. The van der Waals surface area contributed by atoms with Crippen LogP contribution in [0.2, 0.25) is 0 Å². The molecule has 5 nitrogen and oxygen atoms in total. The lowest BCUT2D eigenvalue weighted by Gasteiger charge is -2.13. The number of nitrogens with one attached hydrogen (secondary N) is 2. The van der Waals surface area contributed by atoms with Crippen LogP contribution in [0.3, 0.4) is 0 Å². The molecule has 2 atom stereocenters. The number of amides is 1. The number of rotatable bonds is 6. The van der Waals surface area contributed by atoms with Crippen molar-refractivity contribution in [3.63, 3.8) is 0 Å². The summed E-state index contributed by atoms with van der Waals surface area (Å²) in [6.07, 6.45) is 0.0400. The van der Waals surface area contributed by atoms with Crippen molar-refractivity contribution < 1.29 is 14.7 Å². The lowest BCUT2D eigenvalue weighted by atomic mass is 10.1. The van der Waals surface area contributed by atoms with Gasteiger partial charge in [0.25, 0.3) is 0 Å². The van der Waals surface area contributed by atoms with E-state index in [1.807, 2.05) is 11.4 Å². The molecule has 2 unspecified atom stereocenters. The highest BCUT2D eigenvalue weighted by molar-refractivity contribution is 7.12. The minimum absolute atomic E-state index is 0.00715. The molecule has 3 N–H and O–H groups in total. The van der Waals surface area contributed by atoms with E-state index in [1.54, 1.807) is 6.07 Å². The van der Waals surface area contributed by atoms with Crippen LogP contribution >= 0.6 is 11.3 Å². The van der Waals surface area contributed by atoms with Crippen molar-refractivity contribution in [2.24, 2.45) is 5.92 Å². The summed E-state index contributed by atoms with van der Waals surface area (Å²) >= 11 is 1.39. The number of carbonyl (C=O) groups is 2. The average molecular weight is 282 g/mol. The molecule has 19 heavy (non-hydrogen) atoms. The molecule has 6 heteroatoms. The molecule has 1 amide bonds. The molecule has 0 aromatic carbocycles. The molecule has 1 aliphatic heterocycles. The Morgan fingerprint density at radius 3 is 2.89 bits per heavy atom. The second kappa shape index (κ2) is 6.79. The van der Waals surface area contributed by atoms with Gasteiger partial charge in [-0.15, -0.1) is 11.3 Å². The van der Waals surface area contributed by atoms with E-state index < -0.39 is 6.10 Å². The summed E-state index contributed by atoms with van der Waals surface area (Å²) in [5.41, 5.74) is 0. The number of aliphatic hydroxyl groups excluding tert-OH is 1. The number of aliphatic hydroxyl groups is 1. The van der Waals surface area contributed by atoms with Gasteiger partial charge in [0.05, 0.1) is 11.0 Å². The topological polar surface area (TPSA) is 78.4 Å². The Morgan fingerprint density at radius 2 is 2.26 bits per heavy atom. The lowest BCUT2D eigenvalue weighted by molar-refractivity contribution is -0.121. The minimum atomic E-state index is -0.395. The smallest absolute Gasteiger partial charge is 0.220 e. The third-order valence-electron chi connectivity index (χ3n) is 3.24. The summed E-state index contributed by atoms with van der Waals surface area (Å²) in [7, 11) is 0. The first-order valence-corrected chi connectivity index (χ1v) is 7.27. The van der Waals surface area contributed by atoms with Crippen molar-refractivity contribution in [1.29, 1.82) is 0 Å². The number of hydrogen-bond acceptors (Lipinski definition) is 5. The van der Waals surface area contributed by atoms with Gasteiger partial charge in [0.2, 0.25) is 5.91 Å². The third-order valence-corrected chi connectivity index (χ3v) is 4.15. The molecule has 1 aliphatic rings. The zero-order valence-electron chi connectivity index (χ0n) is 10.6. The van der Waals surface area contributed by atoms with Gasteiger partial charge in [-0.2, -0.15) is 0 Å². The van der Waals surface area contributed by atoms with E-state index in [1.165, 1.54) is 11.3 Å². The van der Waals surface area contributed by atoms with Gasteiger partial charge in [0.15, 0.2) is 5.78 Å². The van der Waals surface area contributed by atoms with Crippen LogP contribution in [-0.4, -0.2) is 42.5 Å². The summed E-state index contributed by atoms with van der Waals surface area (Å²) in [5, 5.41) is 17.3. The second-order valence-corrected chi connectivity index (χ2v) is 5.64. The number of hydrogen-bond donors (Lipinski definition) is 3. The van der Waals surface area contributed by atoms with E-state index in [0.717, 1.165) is 6.54 Å². The molecule has 2 heterocycles. The minimum Gasteiger partial charge on any atom is -0.391 e. The fourth-order valence-electron chi connectivity index (χ4n) is 2.05. The summed E-state index contributed by atoms with van der Waals surface area (Å²) in [6.45, 7) is 1.76. The average Bonchev–Trinajstić information content (AvgIpc) is 3.05. The van der Waals surface area contributed by atoms with Crippen LogP contribution in [0.4, 0.5) is 0 Å². The predicted molar refractivity (Wildman–Crippen MR) is 73.3 cm³/mol. The van der Waals surface area contributed by atoms with Gasteiger partial charge in [0, 0.05) is 38.4 Å². The molecule has 0 bridgehead atoms. The van der Waals surface area contributed by atoms with Crippen LogP contribution < -0.4 is 10.6 Å². The van der Waals surface area contributed by atoms with Crippen LogP contribution in [-0.2, 0) is 4.79 Å². The number of β-amino-alcohol motifs (C(OH)–C–C–N with tert-alkyl or cyclic N) is 1. The van der Waals surface area contributed by atoms with Gasteiger partial charge in [-0.3, -0.25) is 9.59 Å². The second-order valence-electron chi connectivity index (χ2n) is 4.69. The van der Waals surface area contributed by atoms with Gasteiger partial charge < -0.3 is 15.7 Å². The first-order valence-electron chi connectivity index (χ1n) is 6.39. The highest BCUT2D eigenvalue weighted by Gasteiger charge is 2.24. The molecular formula is C13H18N2O3S. The fourth-order valence-corrected chi connectivity index (χ4v) is 2.74. The maximum Gasteiger partial charge on any atom is 0.220 e. The van der Waals surface area contributed by atoms with Gasteiger partial charge in [-0.25, -0.2) is 0 Å². The van der Waals surface area contributed by atoms with Crippen molar-refractivity contribution in [2.75, 3.05) is 19.6 Å². The molecule has 1 aromatic rings. The van der Waals surface area contributed by atoms with E-state index in [9.17, 15) is 14.7 Å². The summed E-state index contributed by atoms with van der Waals surface area (Å²) in [5.74, 6) is -0.0614. The van der Waals surface area contributed by atoms with Gasteiger partial charge in [0.1, 0.15) is 0 Å². The highest BCUT2D eigenvalue weighted by atomic mass is 32.1. The van der Waals surface area contributed by atoms with Crippen LogP contribution in [0.5, 0.6) is 0 Å². The molecular weight excluding hydrogens is 264 g/mol. The number of ketones is 1. The van der Waals surface area contributed by atoms with Gasteiger partial charge >= 0.3 is 0 Å². The Balaban J connectivity index is 1.66. The highest BCUT2D eigenvalue weighted by Crippen LogP contribution is 2.12. The van der Waals surface area contributed by atoms with Crippen molar-refractivity contribution in [1.82, 2.24) is 10.6 Å².